The number of hydrogen-bond donors (Lipinski definition) is 3. The van der Waals surface area contributed by atoms with Crippen LogP contribution in [0, 0.1) is 19.7 Å². The predicted molar refractivity (Wildman–Crippen MR) is 179 cm³/mol. The summed E-state index contributed by atoms with van der Waals surface area (Å²) < 4.78 is 15.5. The Kier molecular flexibility index (Phi) is 30.4. The zero-order valence-corrected chi connectivity index (χ0v) is 27.7. The van der Waals surface area contributed by atoms with Gasteiger partial charge in [0.1, 0.15) is 5.82 Å². The highest BCUT2D eigenvalue weighted by atomic mass is 32.2. The lowest BCUT2D eigenvalue weighted by atomic mass is 10.1. The first-order valence-corrected chi connectivity index (χ1v) is 15.1. The first-order chi connectivity index (χ1) is 19.1. The standard InChI is InChI=1S/C13H21N3OS.C7H7F.C7H8.C3H8.2C2H6/c1-13(2,3)16-18-12-6-4-11(5-7-12)15-9-8-14-10-17;1-6-2-4-7(8)5-3-6;1-7-5-3-2-4-6-7;1-3-2;2*1-2/h4-7,10,15-16H,8-9H2,1-3H3,(H,14,17);2-5H,1H3;2-6H,1H3;3H2,1-2H3;2*1-2H3. The number of rotatable bonds is 7. The average Bonchev–Trinajstić information content (AvgIpc) is 2.96. The Labute approximate surface area is 250 Å². The summed E-state index contributed by atoms with van der Waals surface area (Å²) in [4.78, 5) is 11.2. The number of hydrogen-bond acceptors (Lipinski definition) is 4. The molecule has 0 aromatic heterocycles. The lowest BCUT2D eigenvalue weighted by molar-refractivity contribution is -0.109. The maximum atomic E-state index is 12.1. The third-order valence-corrected chi connectivity index (χ3v) is 5.18. The van der Waals surface area contributed by atoms with Gasteiger partial charge in [0.2, 0.25) is 6.41 Å². The van der Waals surface area contributed by atoms with E-state index < -0.39 is 0 Å². The molecule has 6 heteroatoms. The van der Waals surface area contributed by atoms with E-state index in [2.05, 4.69) is 81.2 Å². The van der Waals surface area contributed by atoms with Crippen molar-refractivity contribution in [3.63, 3.8) is 0 Å². The van der Waals surface area contributed by atoms with Crippen molar-refractivity contribution in [1.82, 2.24) is 10.0 Å². The van der Waals surface area contributed by atoms with Crippen LogP contribution in [-0.2, 0) is 4.79 Å². The summed E-state index contributed by atoms with van der Waals surface area (Å²) in [5, 5.41) is 5.84. The second kappa shape index (κ2) is 29.2. The maximum absolute atomic E-state index is 12.1. The van der Waals surface area contributed by atoms with E-state index in [1.54, 1.807) is 24.1 Å². The highest BCUT2D eigenvalue weighted by Gasteiger charge is 2.08. The van der Waals surface area contributed by atoms with E-state index in [9.17, 15) is 9.18 Å². The monoisotopic (exact) mass is 573 g/mol. The molecule has 226 valence electrons. The Morgan fingerprint density at radius 1 is 0.750 bits per heavy atom. The quantitative estimate of drug-likeness (QED) is 0.150. The molecule has 1 amide bonds. The molecule has 0 heterocycles. The second-order valence-electron chi connectivity index (χ2n) is 9.13. The van der Waals surface area contributed by atoms with Gasteiger partial charge in [-0.2, -0.15) is 0 Å². The van der Waals surface area contributed by atoms with Crippen LogP contribution < -0.4 is 15.4 Å². The molecule has 0 saturated carbocycles. The summed E-state index contributed by atoms with van der Waals surface area (Å²) in [6.07, 6.45) is 1.96. The van der Waals surface area contributed by atoms with Crippen molar-refractivity contribution in [2.75, 3.05) is 18.4 Å². The second-order valence-corrected chi connectivity index (χ2v) is 10.0. The van der Waals surface area contributed by atoms with E-state index in [4.69, 9.17) is 0 Å². The van der Waals surface area contributed by atoms with Gasteiger partial charge in [0.05, 0.1) is 0 Å². The molecular weight excluding hydrogens is 517 g/mol. The van der Waals surface area contributed by atoms with Crippen LogP contribution in [0.15, 0.2) is 83.8 Å². The number of nitrogens with one attached hydrogen (secondary N) is 3. The number of benzene rings is 3. The van der Waals surface area contributed by atoms with Gasteiger partial charge in [-0.15, -0.1) is 0 Å². The third kappa shape index (κ3) is 29.7. The Hall–Kier alpha value is -2.83. The molecule has 0 saturated heterocycles. The van der Waals surface area contributed by atoms with Crippen LogP contribution in [-0.4, -0.2) is 25.0 Å². The van der Waals surface area contributed by atoms with E-state index in [1.807, 2.05) is 65.0 Å². The SMILES string of the molecule is CC.CC.CC(C)(C)NSc1ccc(NCCNC=O)cc1.CCC.Cc1ccc(F)cc1.Cc1ccccc1. The molecule has 0 atom stereocenters. The fourth-order valence-corrected chi connectivity index (χ4v) is 2.95. The molecule has 0 fully saturated rings. The molecule has 0 bridgehead atoms. The molecule has 4 nitrogen and oxygen atoms in total. The van der Waals surface area contributed by atoms with Crippen LogP contribution in [0.3, 0.4) is 0 Å². The largest absolute Gasteiger partial charge is 0.383 e. The van der Waals surface area contributed by atoms with Gasteiger partial charge < -0.3 is 10.6 Å². The summed E-state index contributed by atoms with van der Waals surface area (Å²) in [5.41, 5.74) is 3.57. The molecule has 3 rings (SSSR count). The molecule has 0 aliphatic heterocycles. The van der Waals surface area contributed by atoms with E-state index in [1.165, 1.54) is 29.0 Å². The van der Waals surface area contributed by atoms with E-state index in [0.717, 1.165) is 17.8 Å². The van der Waals surface area contributed by atoms with Crippen LogP contribution in [0.4, 0.5) is 10.1 Å². The Morgan fingerprint density at radius 2 is 1.23 bits per heavy atom. The Bertz CT molecular complexity index is 892. The molecule has 3 aromatic rings. The third-order valence-electron chi connectivity index (χ3n) is 3.96. The van der Waals surface area contributed by atoms with Crippen molar-refractivity contribution in [1.29, 1.82) is 0 Å². The van der Waals surface area contributed by atoms with Crippen LogP contribution in [0.25, 0.3) is 0 Å². The van der Waals surface area contributed by atoms with Crippen molar-refractivity contribution < 1.29 is 9.18 Å². The molecule has 0 radical (unpaired) electrons. The van der Waals surface area contributed by atoms with Gasteiger partial charge in [0.25, 0.3) is 0 Å². The molecule has 0 aliphatic rings. The minimum Gasteiger partial charge on any atom is -0.383 e. The summed E-state index contributed by atoms with van der Waals surface area (Å²) in [7, 11) is 0. The number of halogens is 1. The van der Waals surface area contributed by atoms with E-state index in [-0.39, 0.29) is 11.4 Å². The minimum atomic E-state index is -0.171. The smallest absolute Gasteiger partial charge is 0.207 e. The molecule has 0 aliphatic carbocycles. The lowest BCUT2D eigenvalue weighted by Crippen LogP contribution is -2.29. The van der Waals surface area contributed by atoms with Crippen molar-refractivity contribution >= 4 is 24.0 Å². The highest BCUT2D eigenvalue weighted by Crippen LogP contribution is 2.20. The first-order valence-electron chi connectivity index (χ1n) is 14.3. The number of carbonyl (C=O) groups is 1. The number of amides is 1. The fraction of sp³-hybridized carbons (Fsp3) is 0.441. The van der Waals surface area contributed by atoms with Crippen LogP contribution in [0.1, 0.15) is 79.9 Å². The summed E-state index contributed by atoms with van der Waals surface area (Å²) in [6, 6.07) is 24.9. The van der Waals surface area contributed by atoms with Gasteiger partial charge in [-0.25, -0.2) is 4.39 Å². The Morgan fingerprint density at radius 3 is 1.60 bits per heavy atom. The van der Waals surface area contributed by atoms with Gasteiger partial charge in [0, 0.05) is 29.2 Å². The minimum absolute atomic E-state index is 0.0993. The van der Waals surface area contributed by atoms with E-state index >= 15 is 0 Å². The molecule has 40 heavy (non-hydrogen) atoms. The first kappa shape index (κ1) is 41.6. The molecule has 3 N–H and O–H groups in total. The lowest BCUT2D eigenvalue weighted by Gasteiger charge is -2.19. The van der Waals surface area contributed by atoms with Crippen LogP contribution in [0.2, 0.25) is 0 Å². The number of anilines is 1. The summed E-state index contributed by atoms with van der Waals surface area (Å²) >= 11 is 1.63. The van der Waals surface area contributed by atoms with E-state index in [0.29, 0.717) is 13.0 Å². The predicted octanol–water partition coefficient (Wildman–Crippen LogP) is 9.84. The molecular formula is C34H56FN3OS. The molecule has 0 unspecified atom stereocenters. The van der Waals surface area contributed by atoms with Crippen molar-refractivity contribution in [2.24, 2.45) is 0 Å². The van der Waals surface area contributed by atoms with Crippen LogP contribution in [0.5, 0.6) is 0 Å². The Balaban J connectivity index is -0.000000513. The topological polar surface area (TPSA) is 53.2 Å². The molecule has 0 spiro atoms. The van der Waals surface area contributed by atoms with Gasteiger partial charge in [-0.05, 0) is 83.0 Å². The van der Waals surface area contributed by atoms with Crippen molar-refractivity contribution in [3.8, 4) is 0 Å². The average molecular weight is 574 g/mol. The van der Waals surface area contributed by atoms with Crippen molar-refractivity contribution in [3.05, 3.63) is 95.8 Å². The van der Waals surface area contributed by atoms with Gasteiger partial charge >= 0.3 is 0 Å². The highest BCUT2D eigenvalue weighted by molar-refractivity contribution is 7.97. The van der Waals surface area contributed by atoms with Crippen LogP contribution >= 0.6 is 11.9 Å². The van der Waals surface area contributed by atoms with Gasteiger partial charge in [0.15, 0.2) is 0 Å². The van der Waals surface area contributed by atoms with Gasteiger partial charge in [-0.3, -0.25) is 9.52 Å². The fourth-order valence-electron chi connectivity index (χ4n) is 2.26. The molecule has 3 aromatic carbocycles. The zero-order chi connectivity index (χ0) is 31.2. The summed E-state index contributed by atoms with van der Waals surface area (Å²) in [5.74, 6) is -0.171. The summed E-state index contributed by atoms with van der Waals surface area (Å²) in [6.45, 7) is 24.0. The zero-order valence-electron chi connectivity index (χ0n) is 26.9. The van der Waals surface area contributed by atoms with Crippen molar-refractivity contribution in [2.45, 2.75) is 93.0 Å². The number of carbonyl (C=O) groups excluding carboxylic acids is 1. The van der Waals surface area contributed by atoms with Gasteiger partial charge in [-0.1, -0.05) is 102 Å². The maximum Gasteiger partial charge on any atom is 0.207 e. The normalized spacial score (nSPS) is 9.10. The number of aryl methyl sites for hydroxylation is 2.